The van der Waals surface area contributed by atoms with E-state index in [1.165, 1.54) is 44.9 Å². The second kappa shape index (κ2) is 10.2. The normalized spacial score (nSPS) is 45.2. The summed E-state index contributed by atoms with van der Waals surface area (Å²) in [6, 6.07) is 4.62. The van der Waals surface area contributed by atoms with Gasteiger partial charge >= 0.3 is 0 Å². The van der Waals surface area contributed by atoms with Gasteiger partial charge in [0.2, 0.25) is 5.91 Å². The van der Waals surface area contributed by atoms with Gasteiger partial charge in [0.1, 0.15) is 0 Å². The molecule has 3 aliphatic carbocycles. The van der Waals surface area contributed by atoms with Crippen LogP contribution in [0.25, 0.3) is 0 Å². The highest BCUT2D eigenvalue weighted by Crippen LogP contribution is 2.48. The fraction of sp³-hybridized carbons (Fsp3) is 0.931. The predicted molar refractivity (Wildman–Crippen MR) is 140 cm³/mol. The van der Waals surface area contributed by atoms with Gasteiger partial charge in [0.05, 0.1) is 11.5 Å². The number of hydrazine groups is 1. The Morgan fingerprint density at radius 3 is 2.39 bits per heavy atom. The molecule has 8 atom stereocenters. The lowest BCUT2D eigenvalue weighted by Gasteiger charge is -2.50. The summed E-state index contributed by atoms with van der Waals surface area (Å²) >= 11 is 0. The second-order valence-corrected chi connectivity index (χ2v) is 13.8. The third kappa shape index (κ3) is 4.96. The molecular formula is C29H48N6O. The Morgan fingerprint density at radius 2 is 1.64 bits per heavy atom. The van der Waals surface area contributed by atoms with Gasteiger partial charge in [0.25, 0.3) is 0 Å². The van der Waals surface area contributed by atoms with E-state index in [-0.39, 0.29) is 5.41 Å². The van der Waals surface area contributed by atoms with Crippen LogP contribution in [-0.2, 0) is 4.79 Å². The molecule has 6 rings (SSSR count). The minimum Gasteiger partial charge on any atom is -0.352 e. The van der Waals surface area contributed by atoms with E-state index >= 15 is 0 Å². The van der Waals surface area contributed by atoms with Crippen molar-refractivity contribution < 1.29 is 4.79 Å². The SMILES string of the molecule is CC(C)(C#N)C1CCC(C2NNC3CNC4CCC(C5CNCC(NC(=O)C6CC6)C5)CC4C32)CC1. The average molecular weight is 497 g/mol. The molecule has 3 aliphatic heterocycles. The molecular weight excluding hydrogens is 448 g/mol. The standard InChI is InChI=1S/C29H48N6O/c1-29(2,16-30)21-8-5-17(6-9-21)27-26-23-12-19(7-10-24(23)32-15-25(26)34-35-27)20-11-22(14-31-13-20)33-28(36)18-3-4-18/h17-27,31-32,34-35H,3-15H2,1-2H3,(H,33,36). The van der Waals surface area contributed by atoms with Crippen LogP contribution in [0.3, 0.4) is 0 Å². The highest BCUT2D eigenvalue weighted by molar-refractivity contribution is 5.81. The van der Waals surface area contributed by atoms with Crippen LogP contribution in [0.1, 0.15) is 78.1 Å². The quantitative estimate of drug-likeness (QED) is 0.401. The molecule has 3 saturated heterocycles. The summed E-state index contributed by atoms with van der Waals surface area (Å²) in [7, 11) is 0. The largest absolute Gasteiger partial charge is 0.352 e. The van der Waals surface area contributed by atoms with E-state index in [9.17, 15) is 10.1 Å². The zero-order valence-corrected chi connectivity index (χ0v) is 22.4. The number of carbonyl (C=O) groups is 1. The minimum atomic E-state index is -0.199. The van der Waals surface area contributed by atoms with Crippen LogP contribution in [0.2, 0.25) is 0 Å². The van der Waals surface area contributed by atoms with Crippen molar-refractivity contribution in [2.45, 2.75) is 102 Å². The molecule has 200 valence electrons. The number of hydrogen-bond acceptors (Lipinski definition) is 6. The van der Waals surface area contributed by atoms with E-state index in [1.54, 1.807) is 0 Å². The summed E-state index contributed by atoms with van der Waals surface area (Å²) in [5, 5.41) is 20.6. The van der Waals surface area contributed by atoms with Crippen molar-refractivity contribution in [3.05, 3.63) is 0 Å². The molecule has 7 nitrogen and oxygen atoms in total. The van der Waals surface area contributed by atoms with Gasteiger partial charge < -0.3 is 16.0 Å². The van der Waals surface area contributed by atoms with Gasteiger partial charge in [-0.3, -0.25) is 15.6 Å². The Bertz CT molecular complexity index is 843. The maximum Gasteiger partial charge on any atom is 0.223 e. The maximum atomic E-state index is 12.4. The van der Waals surface area contributed by atoms with Crippen LogP contribution in [0.15, 0.2) is 0 Å². The lowest BCUT2D eigenvalue weighted by molar-refractivity contribution is -0.123. The number of fused-ring (bicyclic) bond motifs is 3. The van der Waals surface area contributed by atoms with E-state index in [0.29, 0.717) is 53.7 Å². The van der Waals surface area contributed by atoms with Crippen molar-refractivity contribution in [2.75, 3.05) is 19.6 Å². The Kier molecular flexibility index (Phi) is 7.09. The number of nitriles is 1. The predicted octanol–water partition coefficient (Wildman–Crippen LogP) is 2.70. The van der Waals surface area contributed by atoms with Crippen LogP contribution in [0, 0.1) is 58.2 Å². The molecule has 0 spiro atoms. The van der Waals surface area contributed by atoms with E-state index in [1.807, 2.05) is 0 Å². The Balaban J connectivity index is 1.09. The molecule has 5 N–H and O–H groups in total. The van der Waals surface area contributed by atoms with E-state index in [0.717, 1.165) is 56.7 Å². The zero-order valence-electron chi connectivity index (χ0n) is 22.4. The number of amides is 1. The Morgan fingerprint density at radius 1 is 0.861 bits per heavy atom. The topological polar surface area (TPSA) is 101 Å². The van der Waals surface area contributed by atoms with Crippen LogP contribution in [0.5, 0.6) is 0 Å². The summed E-state index contributed by atoms with van der Waals surface area (Å²) in [4.78, 5) is 12.4. The molecule has 1 amide bonds. The molecule has 3 heterocycles. The molecule has 7 heteroatoms. The lowest BCUT2D eigenvalue weighted by atomic mass is 9.60. The smallest absolute Gasteiger partial charge is 0.223 e. The van der Waals surface area contributed by atoms with Crippen LogP contribution < -0.4 is 26.8 Å². The summed E-state index contributed by atoms with van der Waals surface area (Å²) in [6.45, 7) is 7.38. The second-order valence-electron chi connectivity index (χ2n) is 13.8. The van der Waals surface area contributed by atoms with E-state index < -0.39 is 0 Å². The number of hydrogen-bond donors (Lipinski definition) is 5. The average Bonchev–Trinajstić information content (AvgIpc) is 3.67. The lowest BCUT2D eigenvalue weighted by Crippen LogP contribution is -2.59. The fourth-order valence-electron chi connectivity index (χ4n) is 8.85. The highest BCUT2D eigenvalue weighted by Gasteiger charge is 2.52. The summed E-state index contributed by atoms with van der Waals surface area (Å²) in [6.07, 6.45) is 12.1. The molecule has 0 bridgehead atoms. The first-order valence-electron chi connectivity index (χ1n) is 15.1. The fourth-order valence-corrected chi connectivity index (χ4v) is 8.85. The molecule has 36 heavy (non-hydrogen) atoms. The van der Waals surface area contributed by atoms with Gasteiger partial charge in [0, 0.05) is 43.2 Å². The maximum absolute atomic E-state index is 12.4. The summed E-state index contributed by atoms with van der Waals surface area (Å²) in [5.74, 6) is 4.71. The molecule has 0 radical (unpaired) electrons. The van der Waals surface area contributed by atoms with Gasteiger partial charge in [-0.1, -0.05) is 0 Å². The van der Waals surface area contributed by atoms with Crippen LogP contribution in [-0.4, -0.2) is 49.7 Å². The third-order valence-corrected chi connectivity index (χ3v) is 11.3. The molecule has 6 fully saturated rings. The van der Waals surface area contributed by atoms with Crippen molar-refractivity contribution >= 4 is 5.91 Å². The molecule has 0 aromatic heterocycles. The van der Waals surface area contributed by atoms with Gasteiger partial charge in [-0.15, -0.1) is 0 Å². The number of piperidine rings is 2. The monoisotopic (exact) mass is 496 g/mol. The summed E-state index contributed by atoms with van der Waals surface area (Å²) in [5.41, 5.74) is 7.30. The first kappa shape index (κ1) is 25.1. The number of rotatable bonds is 5. The van der Waals surface area contributed by atoms with Crippen LogP contribution >= 0.6 is 0 Å². The van der Waals surface area contributed by atoms with Crippen molar-refractivity contribution in [3.8, 4) is 6.07 Å². The first-order chi connectivity index (χ1) is 17.4. The number of carbonyl (C=O) groups excluding carboxylic acids is 1. The van der Waals surface area contributed by atoms with Crippen molar-refractivity contribution in [2.24, 2.45) is 46.8 Å². The number of nitrogens with one attached hydrogen (secondary N) is 5. The van der Waals surface area contributed by atoms with Gasteiger partial charge in [-0.05, 0) is 120 Å². The number of nitrogens with zero attached hydrogens (tertiary/aromatic N) is 1. The van der Waals surface area contributed by atoms with Crippen molar-refractivity contribution in [3.63, 3.8) is 0 Å². The Hall–Kier alpha value is -1.20. The van der Waals surface area contributed by atoms with Gasteiger partial charge in [-0.25, -0.2) is 0 Å². The molecule has 8 unspecified atom stereocenters. The van der Waals surface area contributed by atoms with E-state index in [4.69, 9.17) is 0 Å². The van der Waals surface area contributed by atoms with Crippen molar-refractivity contribution in [1.29, 1.82) is 5.26 Å². The van der Waals surface area contributed by atoms with Gasteiger partial charge in [-0.2, -0.15) is 5.26 Å². The molecule has 3 saturated carbocycles. The third-order valence-electron chi connectivity index (χ3n) is 11.3. The molecule has 0 aromatic rings. The minimum absolute atomic E-state index is 0.199. The Labute approximate surface area is 217 Å². The highest BCUT2D eigenvalue weighted by atomic mass is 16.2. The van der Waals surface area contributed by atoms with Gasteiger partial charge in [0.15, 0.2) is 0 Å². The first-order valence-corrected chi connectivity index (χ1v) is 15.1. The summed E-state index contributed by atoms with van der Waals surface area (Å²) < 4.78 is 0. The van der Waals surface area contributed by atoms with Crippen LogP contribution in [0.4, 0.5) is 0 Å². The molecule has 0 aromatic carbocycles. The van der Waals surface area contributed by atoms with E-state index in [2.05, 4.69) is 46.7 Å². The van der Waals surface area contributed by atoms with Crippen molar-refractivity contribution in [1.82, 2.24) is 26.8 Å². The molecule has 6 aliphatic rings. The zero-order chi connectivity index (χ0) is 24.9.